The lowest BCUT2D eigenvalue weighted by Crippen LogP contribution is -2.28. The van der Waals surface area contributed by atoms with Crippen molar-refractivity contribution in [3.8, 4) is 11.3 Å². The quantitative estimate of drug-likeness (QED) is 0.205. The number of thioether (sulfide) groups is 1. The van der Waals surface area contributed by atoms with Gasteiger partial charge in [0.15, 0.2) is 16.1 Å². The van der Waals surface area contributed by atoms with Gasteiger partial charge in [0.05, 0.1) is 17.5 Å². The van der Waals surface area contributed by atoms with Crippen molar-refractivity contribution < 1.29 is 9.59 Å². The summed E-state index contributed by atoms with van der Waals surface area (Å²) < 4.78 is 1.82. The van der Waals surface area contributed by atoms with Crippen LogP contribution in [0.3, 0.4) is 0 Å². The van der Waals surface area contributed by atoms with Gasteiger partial charge >= 0.3 is 0 Å². The molecule has 2 amide bonds. The molecule has 36 heavy (non-hydrogen) atoms. The summed E-state index contributed by atoms with van der Waals surface area (Å²) in [6.45, 7) is 6.05. The fourth-order valence-electron chi connectivity index (χ4n) is 3.36. The minimum atomic E-state index is -0.432. The zero-order valence-electron chi connectivity index (χ0n) is 19.3. The average Bonchev–Trinajstić information content (AvgIpc) is 3.51. The van der Waals surface area contributed by atoms with Crippen molar-refractivity contribution in [1.82, 2.24) is 25.1 Å². The molecule has 2 aromatic carbocycles. The smallest absolute Gasteiger partial charge is 0.251 e. The van der Waals surface area contributed by atoms with Crippen LogP contribution in [0.2, 0.25) is 5.02 Å². The molecule has 1 atom stereocenters. The van der Waals surface area contributed by atoms with Gasteiger partial charge in [-0.3, -0.25) is 9.59 Å². The summed E-state index contributed by atoms with van der Waals surface area (Å²) in [5, 5.41) is 17.7. The molecule has 8 nitrogen and oxygen atoms in total. The molecule has 0 radical (unpaired) electrons. The monoisotopic (exact) mass is 538 g/mol. The van der Waals surface area contributed by atoms with Gasteiger partial charge in [-0.1, -0.05) is 65.8 Å². The molecule has 0 spiro atoms. The zero-order chi connectivity index (χ0) is 25.5. The Morgan fingerprint density at radius 2 is 2.00 bits per heavy atom. The van der Waals surface area contributed by atoms with Gasteiger partial charge in [0.1, 0.15) is 0 Å². The third-order valence-corrected chi connectivity index (χ3v) is 6.99. The fraction of sp³-hybridized carbons (Fsp3) is 0.160. The van der Waals surface area contributed by atoms with Gasteiger partial charge in [-0.05, 0) is 25.1 Å². The number of benzene rings is 2. The van der Waals surface area contributed by atoms with Gasteiger partial charge in [-0.25, -0.2) is 4.98 Å². The molecule has 4 aromatic rings. The van der Waals surface area contributed by atoms with Crippen LogP contribution in [0.15, 0.2) is 77.8 Å². The van der Waals surface area contributed by atoms with Crippen LogP contribution in [0.1, 0.15) is 29.1 Å². The largest absolute Gasteiger partial charge is 0.342 e. The first-order chi connectivity index (χ1) is 17.4. The molecule has 184 valence electrons. The number of carbonyl (C=O) groups is 2. The minimum absolute atomic E-state index is 0.124. The van der Waals surface area contributed by atoms with E-state index in [1.807, 2.05) is 47.2 Å². The van der Waals surface area contributed by atoms with E-state index in [9.17, 15) is 9.59 Å². The molecule has 0 fully saturated rings. The lowest BCUT2D eigenvalue weighted by molar-refractivity contribution is -0.113. The zero-order valence-corrected chi connectivity index (χ0v) is 21.7. The highest BCUT2D eigenvalue weighted by atomic mass is 35.5. The highest BCUT2D eigenvalue weighted by molar-refractivity contribution is 7.99. The molecule has 0 aliphatic heterocycles. The number of aromatic nitrogens is 4. The Balaban J connectivity index is 1.38. The summed E-state index contributed by atoms with van der Waals surface area (Å²) in [4.78, 5) is 29.7. The number of rotatable bonds is 10. The Morgan fingerprint density at radius 1 is 1.19 bits per heavy atom. The summed E-state index contributed by atoms with van der Waals surface area (Å²) >= 11 is 8.62. The molecule has 0 saturated carbocycles. The number of nitrogens with one attached hydrogen (secondary N) is 2. The summed E-state index contributed by atoms with van der Waals surface area (Å²) in [6, 6.07) is 16.1. The van der Waals surface area contributed by atoms with E-state index in [0.717, 1.165) is 11.3 Å². The second kappa shape index (κ2) is 12.0. The molecule has 0 saturated heterocycles. The van der Waals surface area contributed by atoms with E-state index >= 15 is 0 Å². The van der Waals surface area contributed by atoms with E-state index in [-0.39, 0.29) is 17.6 Å². The predicted octanol–water partition coefficient (Wildman–Crippen LogP) is 5.46. The Hall–Kier alpha value is -3.47. The fourth-order valence-corrected chi connectivity index (χ4v) is 5.04. The lowest BCUT2D eigenvalue weighted by Gasteiger charge is -2.15. The van der Waals surface area contributed by atoms with Crippen molar-refractivity contribution in [1.29, 1.82) is 0 Å². The maximum Gasteiger partial charge on any atom is 0.251 e. The molecule has 0 aliphatic rings. The number of nitrogens with zero attached hydrogens (tertiary/aromatic N) is 4. The van der Waals surface area contributed by atoms with E-state index in [1.165, 1.54) is 23.1 Å². The van der Waals surface area contributed by atoms with Crippen LogP contribution in [0.5, 0.6) is 0 Å². The molecule has 0 bridgehead atoms. The maximum atomic E-state index is 12.6. The summed E-state index contributed by atoms with van der Waals surface area (Å²) in [6.07, 6.45) is 1.71. The third kappa shape index (κ3) is 6.39. The number of thiazole rings is 1. The summed E-state index contributed by atoms with van der Waals surface area (Å²) in [5.74, 6) is 0.204. The van der Waals surface area contributed by atoms with E-state index in [4.69, 9.17) is 11.6 Å². The first-order valence-corrected chi connectivity index (χ1v) is 13.2. The Kier molecular flexibility index (Phi) is 8.52. The highest BCUT2D eigenvalue weighted by Gasteiger charge is 2.21. The first-order valence-electron chi connectivity index (χ1n) is 11.0. The van der Waals surface area contributed by atoms with Crippen LogP contribution in [0.25, 0.3) is 11.3 Å². The number of anilines is 1. The van der Waals surface area contributed by atoms with Gasteiger partial charge in [0, 0.05) is 28.1 Å². The number of carbonyl (C=O) groups excluding carboxylic acids is 2. The minimum Gasteiger partial charge on any atom is -0.342 e. The number of hydrogen-bond acceptors (Lipinski definition) is 7. The van der Waals surface area contributed by atoms with Gasteiger partial charge in [0.25, 0.3) is 5.91 Å². The molecule has 1 unspecified atom stereocenters. The van der Waals surface area contributed by atoms with Crippen LogP contribution < -0.4 is 10.6 Å². The van der Waals surface area contributed by atoms with E-state index < -0.39 is 6.04 Å². The molecule has 11 heteroatoms. The molecular formula is C25H23ClN6O2S2. The second-order valence-electron chi connectivity index (χ2n) is 7.69. The van der Waals surface area contributed by atoms with Crippen LogP contribution >= 0.6 is 34.7 Å². The van der Waals surface area contributed by atoms with Crippen LogP contribution in [-0.2, 0) is 11.3 Å². The molecule has 4 rings (SSSR count). The van der Waals surface area contributed by atoms with Gasteiger partial charge < -0.3 is 15.2 Å². The molecule has 2 aromatic heterocycles. The Labute approximate surface area is 221 Å². The van der Waals surface area contributed by atoms with E-state index in [0.29, 0.717) is 33.2 Å². The lowest BCUT2D eigenvalue weighted by atomic mass is 10.2. The number of allylic oxidation sites excluding steroid dienone is 1. The third-order valence-electron chi connectivity index (χ3n) is 5.03. The normalized spacial score (nSPS) is 11.6. The molecule has 2 N–H and O–H groups in total. The van der Waals surface area contributed by atoms with Gasteiger partial charge in [-0.2, -0.15) is 0 Å². The van der Waals surface area contributed by atoms with E-state index in [1.54, 1.807) is 30.3 Å². The van der Waals surface area contributed by atoms with Crippen LogP contribution in [0, 0.1) is 0 Å². The van der Waals surface area contributed by atoms with Crippen LogP contribution in [0.4, 0.5) is 5.13 Å². The Morgan fingerprint density at radius 3 is 2.75 bits per heavy atom. The summed E-state index contributed by atoms with van der Waals surface area (Å²) in [5.41, 5.74) is 2.26. The second-order valence-corrected chi connectivity index (χ2v) is 9.92. The highest BCUT2D eigenvalue weighted by Crippen LogP contribution is 2.26. The maximum absolute atomic E-state index is 12.6. The number of amides is 2. The van der Waals surface area contributed by atoms with Crippen molar-refractivity contribution in [2.45, 2.75) is 24.7 Å². The van der Waals surface area contributed by atoms with Crippen molar-refractivity contribution >= 4 is 51.6 Å². The molecule has 0 aliphatic carbocycles. The SMILES string of the molecule is C=CCn1c(SCC(=O)Nc2nc(-c3ccccc3)cs2)nnc1C(C)NC(=O)c1cccc(Cl)c1. The topological polar surface area (TPSA) is 102 Å². The average molecular weight is 539 g/mol. The number of hydrogen-bond donors (Lipinski definition) is 2. The van der Waals surface area contributed by atoms with Crippen molar-refractivity contribution in [3.05, 3.63) is 89.0 Å². The Bertz CT molecular complexity index is 1370. The first kappa shape index (κ1) is 25.6. The van der Waals surface area contributed by atoms with E-state index in [2.05, 4.69) is 32.4 Å². The number of halogens is 1. The van der Waals surface area contributed by atoms with Crippen molar-refractivity contribution in [3.63, 3.8) is 0 Å². The van der Waals surface area contributed by atoms with Crippen molar-refractivity contribution in [2.24, 2.45) is 0 Å². The standard InChI is InChI=1S/C25H23ClN6O2S2/c1-3-12-32-22(16(2)27-23(34)18-10-7-11-19(26)13-18)30-31-25(32)36-15-21(33)29-24-28-20(14-35-24)17-8-5-4-6-9-17/h3-11,13-14,16H,1,12,15H2,2H3,(H,27,34)(H,28,29,33). The molecular weight excluding hydrogens is 516 g/mol. The van der Waals surface area contributed by atoms with Crippen molar-refractivity contribution in [2.75, 3.05) is 11.1 Å². The van der Waals surface area contributed by atoms with Gasteiger partial charge in [-0.15, -0.1) is 28.1 Å². The predicted molar refractivity (Wildman–Crippen MR) is 144 cm³/mol. The van der Waals surface area contributed by atoms with Gasteiger partial charge in [0.2, 0.25) is 5.91 Å². The van der Waals surface area contributed by atoms with Crippen LogP contribution in [-0.4, -0.2) is 37.3 Å². The molecule has 2 heterocycles. The summed E-state index contributed by atoms with van der Waals surface area (Å²) in [7, 11) is 0.